The molecule has 0 aromatic carbocycles. The van der Waals surface area contributed by atoms with E-state index in [0.29, 0.717) is 0 Å². The SMILES string of the molecule is [SiH3]OC(C1=CCCC1)(C1=CCCC1)C1=CCCC1. The van der Waals surface area contributed by atoms with Gasteiger partial charge in [-0.15, -0.1) is 0 Å². The Morgan fingerprint density at radius 2 is 1.17 bits per heavy atom. The van der Waals surface area contributed by atoms with E-state index in [0.717, 1.165) is 10.5 Å². The van der Waals surface area contributed by atoms with Gasteiger partial charge in [-0.05, 0) is 74.5 Å². The normalized spacial score (nSPS) is 24.3. The van der Waals surface area contributed by atoms with Crippen LogP contribution in [0.1, 0.15) is 57.8 Å². The van der Waals surface area contributed by atoms with E-state index in [1.54, 1.807) is 16.7 Å². The molecule has 2 heteroatoms. The lowest BCUT2D eigenvalue weighted by Gasteiger charge is -2.38. The maximum Gasteiger partial charge on any atom is 0.148 e. The fourth-order valence-corrected chi connectivity index (χ4v) is 4.77. The summed E-state index contributed by atoms with van der Waals surface area (Å²) in [5.74, 6) is 0. The predicted octanol–water partition coefficient (Wildman–Crippen LogP) is 3.35. The van der Waals surface area contributed by atoms with Crippen LogP contribution in [0.2, 0.25) is 0 Å². The molecular weight excluding hydrogens is 236 g/mol. The van der Waals surface area contributed by atoms with Crippen molar-refractivity contribution in [3.05, 3.63) is 34.9 Å². The second kappa shape index (κ2) is 5.18. The fraction of sp³-hybridized carbons (Fsp3) is 0.625. The molecule has 18 heavy (non-hydrogen) atoms. The van der Waals surface area contributed by atoms with Crippen molar-refractivity contribution in [2.45, 2.75) is 63.4 Å². The molecule has 0 N–H and O–H groups in total. The van der Waals surface area contributed by atoms with Crippen molar-refractivity contribution in [2.24, 2.45) is 0 Å². The van der Waals surface area contributed by atoms with Crippen molar-refractivity contribution in [1.82, 2.24) is 0 Å². The standard InChI is InChI=1S/C16H24OSi/c18-17-16(13-7-1-2-8-13,14-9-3-4-10-14)15-11-5-6-12-15/h7,9,11H,1-6,8,10,12H2,18H3. The van der Waals surface area contributed by atoms with Crippen molar-refractivity contribution >= 4 is 10.5 Å². The lowest BCUT2D eigenvalue weighted by Crippen LogP contribution is -2.37. The Hall–Kier alpha value is -0.603. The van der Waals surface area contributed by atoms with Crippen LogP contribution in [-0.4, -0.2) is 16.1 Å². The first kappa shape index (κ1) is 12.4. The van der Waals surface area contributed by atoms with Gasteiger partial charge in [-0.25, -0.2) is 0 Å². The monoisotopic (exact) mass is 260 g/mol. The van der Waals surface area contributed by atoms with Crippen LogP contribution in [0.5, 0.6) is 0 Å². The second-order valence-corrected chi connectivity index (χ2v) is 6.16. The molecule has 0 aliphatic heterocycles. The van der Waals surface area contributed by atoms with Gasteiger partial charge in [-0.1, -0.05) is 18.2 Å². The van der Waals surface area contributed by atoms with Gasteiger partial charge in [-0.3, -0.25) is 0 Å². The van der Waals surface area contributed by atoms with Crippen LogP contribution in [0.25, 0.3) is 0 Å². The van der Waals surface area contributed by atoms with E-state index in [1.807, 2.05) is 0 Å². The second-order valence-electron chi connectivity index (χ2n) is 5.75. The summed E-state index contributed by atoms with van der Waals surface area (Å²) in [7, 11) is 0.828. The highest BCUT2D eigenvalue weighted by atomic mass is 28.2. The average molecular weight is 260 g/mol. The van der Waals surface area contributed by atoms with Gasteiger partial charge in [0, 0.05) is 0 Å². The van der Waals surface area contributed by atoms with Crippen molar-refractivity contribution in [3.8, 4) is 0 Å². The topological polar surface area (TPSA) is 9.23 Å². The summed E-state index contributed by atoms with van der Waals surface area (Å²) in [5.41, 5.74) is 4.67. The van der Waals surface area contributed by atoms with Gasteiger partial charge < -0.3 is 4.43 Å². The molecule has 0 unspecified atom stereocenters. The molecule has 0 atom stereocenters. The highest BCUT2D eigenvalue weighted by Gasteiger charge is 2.42. The maximum absolute atomic E-state index is 6.32. The highest BCUT2D eigenvalue weighted by Crippen LogP contribution is 2.48. The Kier molecular flexibility index (Phi) is 3.58. The minimum atomic E-state index is -0.0737. The van der Waals surface area contributed by atoms with Gasteiger partial charge in [-0.2, -0.15) is 0 Å². The highest BCUT2D eigenvalue weighted by molar-refractivity contribution is 5.99. The molecule has 0 spiro atoms. The molecule has 0 radical (unpaired) electrons. The van der Waals surface area contributed by atoms with Crippen LogP contribution >= 0.6 is 0 Å². The lowest BCUT2D eigenvalue weighted by molar-refractivity contribution is 0.193. The molecule has 3 aliphatic rings. The van der Waals surface area contributed by atoms with E-state index in [9.17, 15) is 0 Å². The third-order valence-electron chi connectivity index (χ3n) is 4.79. The minimum Gasteiger partial charge on any atom is -0.412 e. The lowest BCUT2D eigenvalue weighted by atomic mass is 9.78. The molecule has 0 saturated heterocycles. The molecule has 0 aromatic heterocycles. The molecule has 3 rings (SSSR count). The van der Waals surface area contributed by atoms with E-state index in [4.69, 9.17) is 4.43 Å². The summed E-state index contributed by atoms with van der Waals surface area (Å²) in [6, 6.07) is 0. The van der Waals surface area contributed by atoms with Crippen LogP contribution in [0.3, 0.4) is 0 Å². The van der Waals surface area contributed by atoms with E-state index in [2.05, 4.69) is 18.2 Å². The molecule has 0 heterocycles. The molecular formula is C16H24OSi. The third kappa shape index (κ3) is 1.86. The van der Waals surface area contributed by atoms with Crippen molar-refractivity contribution in [1.29, 1.82) is 0 Å². The van der Waals surface area contributed by atoms with Crippen LogP contribution in [-0.2, 0) is 4.43 Å². The molecule has 0 aromatic rings. The first-order valence-corrected chi connectivity index (χ1v) is 8.33. The summed E-state index contributed by atoms with van der Waals surface area (Å²) in [5, 5.41) is 0. The van der Waals surface area contributed by atoms with Gasteiger partial charge in [0.25, 0.3) is 0 Å². The largest absolute Gasteiger partial charge is 0.412 e. The van der Waals surface area contributed by atoms with Gasteiger partial charge in [0.05, 0.1) is 0 Å². The molecule has 98 valence electrons. The summed E-state index contributed by atoms with van der Waals surface area (Å²) in [4.78, 5) is 0. The van der Waals surface area contributed by atoms with Crippen molar-refractivity contribution in [2.75, 3.05) is 0 Å². The summed E-state index contributed by atoms with van der Waals surface area (Å²) in [6.07, 6.45) is 18.9. The van der Waals surface area contributed by atoms with E-state index in [1.165, 1.54) is 57.8 Å². The number of rotatable bonds is 4. The molecule has 1 nitrogen and oxygen atoms in total. The van der Waals surface area contributed by atoms with Crippen molar-refractivity contribution < 1.29 is 4.43 Å². The van der Waals surface area contributed by atoms with E-state index in [-0.39, 0.29) is 5.60 Å². The molecule has 0 fully saturated rings. The zero-order valence-electron chi connectivity index (χ0n) is 11.5. The van der Waals surface area contributed by atoms with E-state index >= 15 is 0 Å². The van der Waals surface area contributed by atoms with Gasteiger partial charge >= 0.3 is 0 Å². The first-order valence-electron chi connectivity index (χ1n) is 7.51. The first-order chi connectivity index (χ1) is 8.88. The summed E-state index contributed by atoms with van der Waals surface area (Å²) in [6.45, 7) is 0. The molecule has 0 saturated carbocycles. The van der Waals surface area contributed by atoms with E-state index < -0.39 is 0 Å². The van der Waals surface area contributed by atoms with Gasteiger partial charge in [0.1, 0.15) is 16.1 Å². The van der Waals surface area contributed by atoms with Crippen LogP contribution in [0.4, 0.5) is 0 Å². The summed E-state index contributed by atoms with van der Waals surface area (Å²) >= 11 is 0. The Bertz CT molecular complexity index is 357. The van der Waals surface area contributed by atoms with Crippen LogP contribution in [0, 0.1) is 0 Å². The van der Waals surface area contributed by atoms with Crippen LogP contribution in [0.15, 0.2) is 34.9 Å². The Balaban J connectivity index is 2.04. The average Bonchev–Trinajstić information content (AvgIpc) is 3.16. The van der Waals surface area contributed by atoms with Gasteiger partial charge in [0.15, 0.2) is 0 Å². The minimum absolute atomic E-state index is 0.0737. The molecule has 0 bridgehead atoms. The smallest absolute Gasteiger partial charge is 0.148 e. The molecule has 3 aliphatic carbocycles. The van der Waals surface area contributed by atoms with Crippen molar-refractivity contribution in [3.63, 3.8) is 0 Å². The Labute approximate surface area is 114 Å². The zero-order chi connectivity index (χ0) is 12.4. The Morgan fingerprint density at radius 1 is 0.778 bits per heavy atom. The number of hydrogen-bond donors (Lipinski definition) is 0. The number of hydrogen-bond acceptors (Lipinski definition) is 1. The Morgan fingerprint density at radius 3 is 1.39 bits per heavy atom. The maximum atomic E-state index is 6.32. The quantitative estimate of drug-likeness (QED) is 0.556. The zero-order valence-corrected chi connectivity index (χ0v) is 13.5. The molecule has 0 amide bonds. The predicted molar refractivity (Wildman–Crippen MR) is 79.6 cm³/mol. The summed E-state index contributed by atoms with van der Waals surface area (Å²) < 4.78 is 6.32. The number of allylic oxidation sites excluding steroid dienone is 3. The fourth-order valence-electron chi connectivity index (χ4n) is 3.98. The third-order valence-corrected chi connectivity index (χ3v) is 5.40. The van der Waals surface area contributed by atoms with Crippen LogP contribution < -0.4 is 0 Å². The van der Waals surface area contributed by atoms with Gasteiger partial charge in [0.2, 0.25) is 0 Å².